The van der Waals surface area contributed by atoms with Gasteiger partial charge in [-0.2, -0.15) is 0 Å². The zero-order valence-electron chi connectivity index (χ0n) is 17.3. The van der Waals surface area contributed by atoms with Crippen LogP contribution in [0.4, 0.5) is 0 Å². The highest BCUT2D eigenvalue weighted by Crippen LogP contribution is 2.22. The van der Waals surface area contributed by atoms with Crippen LogP contribution in [0.3, 0.4) is 0 Å². The average Bonchev–Trinajstić information content (AvgIpc) is 3.39. The van der Waals surface area contributed by atoms with Crippen LogP contribution >= 0.6 is 24.2 Å². The molecule has 8 heteroatoms. The summed E-state index contributed by atoms with van der Waals surface area (Å²) >= 11 is 1.76. The van der Waals surface area contributed by atoms with E-state index in [0.29, 0.717) is 13.2 Å². The van der Waals surface area contributed by atoms with E-state index in [2.05, 4.69) is 19.7 Å². The number of aromatic nitrogens is 3. The van der Waals surface area contributed by atoms with E-state index in [9.17, 15) is 0 Å². The summed E-state index contributed by atoms with van der Waals surface area (Å²) in [6.45, 7) is 6.56. The van der Waals surface area contributed by atoms with Gasteiger partial charge in [0, 0.05) is 12.3 Å². The minimum absolute atomic E-state index is 0. The molecule has 0 amide bonds. The molecular formula is C22H29ClN4O2S. The second-order valence-corrected chi connectivity index (χ2v) is 8.43. The van der Waals surface area contributed by atoms with Crippen LogP contribution in [0.15, 0.2) is 52.2 Å². The molecule has 0 aliphatic carbocycles. The summed E-state index contributed by atoms with van der Waals surface area (Å²) in [5.41, 5.74) is 1.11. The fraction of sp³-hybridized carbons (Fsp3) is 0.455. The van der Waals surface area contributed by atoms with Crippen LogP contribution in [0, 0.1) is 6.92 Å². The van der Waals surface area contributed by atoms with Gasteiger partial charge in [0.25, 0.3) is 0 Å². The van der Waals surface area contributed by atoms with Gasteiger partial charge in [0.15, 0.2) is 11.0 Å². The molecule has 1 aromatic carbocycles. The van der Waals surface area contributed by atoms with E-state index in [-0.39, 0.29) is 12.4 Å². The Labute approximate surface area is 188 Å². The second-order valence-electron chi connectivity index (χ2n) is 7.37. The van der Waals surface area contributed by atoms with Crippen molar-refractivity contribution < 1.29 is 9.15 Å². The monoisotopic (exact) mass is 448 g/mol. The number of benzene rings is 1. The molecule has 1 saturated heterocycles. The van der Waals surface area contributed by atoms with Gasteiger partial charge in [-0.05, 0) is 56.6 Å². The van der Waals surface area contributed by atoms with Crippen molar-refractivity contribution >= 4 is 24.2 Å². The molecule has 1 aliphatic heterocycles. The molecule has 3 aromatic rings. The lowest BCUT2D eigenvalue weighted by Gasteiger charge is -2.25. The van der Waals surface area contributed by atoms with Crippen LogP contribution in [0.2, 0.25) is 0 Å². The van der Waals surface area contributed by atoms with E-state index >= 15 is 0 Å². The van der Waals surface area contributed by atoms with Crippen molar-refractivity contribution in [2.45, 2.75) is 44.5 Å². The van der Waals surface area contributed by atoms with Crippen molar-refractivity contribution in [3.63, 3.8) is 0 Å². The normalized spacial score (nSPS) is 14.4. The first kappa shape index (κ1) is 22.7. The van der Waals surface area contributed by atoms with Crippen LogP contribution < -0.4 is 4.74 Å². The van der Waals surface area contributed by atoms with E-state index in [1.54, 1.807) is 18.0 Å². The first-order valence-electron chi connectivity index (χ1n) is 10.3. The summed E-state index contributed by atoms with van der Waals surface area (Å²) in [4.78, 5) is 2.55. The number of hydrogen-bond acceptors (Lipinski definition) is 6. The summed E-state index contributed by atoms with van der Waals surface area (Å²) in [7, 11) is 0. The molecule has 30 heavy (non-hydrogen) atoms. The molecule has 0 unspecified atom stereocenters. The summed E-state index contributed by atoms with van der Waals surface area (Å²) < 4.78 is 13.7. The maximum Gasteiger partial charge on any atom is 0.191 e. The third kappa shape index (κ3) is 6.03. The van der Waals surface area contributed by atoms with Gasteiger partial charge in [-0.3, -0.25) is 4.57 Å². The van der Waals surface area contributed by atoms with E-state index in [1.165, 1.54) is 32.4 Å². The van der Waals surface area contributed by atoms with Gasteiger partial charge in [0.1, 0.15) is 18.1 Å². The largest absolute Gasteiger partial charge is 0.485 e. The van der Waals surface area contributed by atoms with Crippen LogP contribution in [0.5, 0.6) is 5.75 Å². The highest BCUT2D eigenvalue weighted by atomic mass is 35.5. The lowest BCUT2D eigenvalue weighted by Crippen LogP contribution is -2.31. The molecular weight excluding hydrogens is 420 g/mol. The number of aryl methyl sites for hydroxylation is 1. The Morgan fingerprint density at radius 1 is 1.07 bits per heavy atom. The molecule has 162 valence electrons. The van der Waals surface area contributed by atoms with Crippen molar-refractivity contribution in [2.75, 3.05) is 25.4 Å². The van der Waals surface area contributed by atoms with Gasteiger partial charge < -0.3 is 14.1 Å². The first-order valence-corrected chi connectivity index (χ1v) is 11.3. The lowest BCUT2D eigenvalue weighted by atomic mass is 10.1. The molecule has 0 atom stereocenters. The van der Waals surface area contributed by atoms with Gasteiger partial charge in [-0.15, -0.1) is 22.6 Å². The van der Waals surface area contributed by atoms with Gasteiger partial charge in [0.2, 0.25) is 0 Å². The van der Waals surface area contributed by atoms with E-state index in [0.717, 1.165) is 40.4 Å². The van der Waals surface area contributed by atoms with Gasteiger partial charge >= 0.3 is 0 Å². The number of para-hydroxylation sites is 1. The van der Waals surface area contributed by atoms with Crippen LogP contribution in [-0.4, -0.2) is 45.1 Å². The smallest absolute Gasteiger partial charge is 0.191 e. The number of piperidine rings is 1. The molecule has 0 spiro atoms. The number of rotatable bonds is 9. The minimum Gasteiger partial charge on any atom is -0.485 e. The van der Waals surface area contributed by atoms with Gasteiger partial charge in [0.05, 0.1) is 12.8 Å². The molecule has 1 fully saturated rings. The van der Waals surface area contributed by atoms with E-state index in [4.69, 9.17) is 9.15 Å². The molecule has 1 aliphatic rings. The predicted octanol–water partition coefficient (Wildman–Crippen LogP) is 4.81. The lowest BCUT2D eigenvalue weighted by molar-refractivity contribution is 0.242. The molecule has 6 nitrogen and oxygen atoms in total. The molecule has 0 bridgehead atoms. The third-order valence-electron chi connectivity index (χ3n) is 5.23. The Morgan fingerprint density at radius 3 is 2.67 bits per heavy atom. The molecule has 4 rings (SSSR count). The Kier molecular flexibility index (Phi) is 8.66. The van der Waals surface area contributed by atoms with Crippen molar-refractivity contribution in [3.8, 4) is 5.75 Å². The van der Waals surface area contributed by atoms with Crippen LogP contribution in [0.25, 0.3) is 0 Å². The number of hydrogen-bond donors (Lipinski definition) is 0. The second kappa shape index (κ2) is 11.4. The summed E-state index contributed by atoms with van der Waals surface area (Å²) in [6.07, 6.45) is 5.71. The van der Waals surface area contributed by atoms with Crippen molar-refractivity contribution in [1.82, 2.24) is 19.7 Å². The molecule has 0 N–H and O–H groups in total. The average molecular weight is 449 g/mol. The number of ether oxygens (including phenoxy) is 1. The van der Waals surface area contributed by atoms with Crippen LogP contribution in [0.1, 0.15) is 36.4 Å². The SMILES string of the molecule is Cc1ccccc1OCc1nnc(SCCN2CCCCC2)n1Cc1ccco1.Cl. The molecule has 0 radical (unpaired) electrons. The Balaban J connectivity index is 0.00000256. The Morgan fingerprint density at radius 2 is 1.90 bits per heavy atom. The van der Waals surface area contributed by atoms with Crippen molar-refractivity contribution in [2.24, 2.45) is 0 Å². The predicted molar refractivity (Wildman–Crippen MR) is 122 cm³/mol. The van der Waals surface area contributed by atoms with Gasteiger partial charge in [-0.1, -0.05) is 36.4 Å². The minimum atomic E-state index is 0. The standard InChI is InChI=1S/C22H28N4O2S.ClH/c1-18-8-3-4-10-20(18)28-17-21-23-24-22(26(21)16-19-9-7-14-27-19)29-15-13-25-11-5-2-6-12-25;/h3-4,7-10,14H,2,5-6,11-13,15-17H2,1H3;1H. The molecule has 2 aromatic heterocycles. The first-order chi connectivity index (χ1) is 14.3. The fourth-order valence-electron chi connectivity index (χ4n) is 3.56. The number of furan rings is 1. The Bertz CT molecular complexity index is 894. The number of halogens is 1. The number of nitrogens with zero attached hydrogens (tertiary/aromatic N) is 4. The van der Waals surface area contributed by atoms with E-state index < -0.39 is 0 Å². The topological polar surface area (TPSA) is 56.3 Å². The van der Waals surface area contributed by atoms with Crippen LogP contribution in [-0.2, 0) is 13.2 Å². The molecule has 3 heterocycles. The number of likely N-dealkylation sites (tertiary alicyclic amines) is 1. The third-order valence-corrected chi connectivity index (χ3v) is 6.17. The zero-order chi connectivity index (χ0) is 19.9. The maximum absolute atomic E-state index is 6.02. The fourth-order valence-corrected chi connectivity index (χ4v) is 4.52. The molecule has 0 saturated carbocycles. The van der Waals surface area contributed by atoms with Gasteiger partial charge in [-0.25, -0.2) is 0 Å². The summed E-state index contributed by atoms with van der Waals surface area (Å²) in [5.74, 6) is 3.58. The quantitative estimate of drug-likeness (QED) is 0.438. The summed E-state index contributed by atoms with van der Waals surface area (Å²) in [5, 5.41) is 9.79. The highest BCUT2D eigenvalue weighted by Gasteiger charge is 2.16. The summed E-state index contributed by atoms with van der Waals surface area (Å²) in [6, 6.07) is 11.9. The van der Waals surface area contributed by atoms with E-state index in [1.807, 2.05) is 43.3 Å². The number of thioether (sulfide) groups is 1. The zero-order valence-corrected chi connectivity index (χ0v) is 19.0. The maximum atomic E-state index is 6.02. The highest BCUT2D eigenvalue weighted by molar-refractivity contribution is 7.99. The van der Waals surface area contributed by atoms with Crippen molar-refractivity contribution in [3.05, 3.63) is 59.8 Å². The van der Waals surface area contributed by atoms with Crippen molar-refractivity contribution in [1.29, 1.82) is 0 Å². The Hall–Kier alpha value is -1.96.